The molecule has 0 heteroatoms. The summed E-state index contributed by atoms with van der Waals surface area (Å²) in [5.74, 6) is 0. The summed E-state index contributed by atoms with van der Waals surface area (Å²) in [6, 6.07) is 51.3. The van der Waals surface area contributed by atoms with Crippen LogP contribution < -0.4 is 0 Å². The van der Waals surface area contributed by atoms with Crippen molar-refractivity contribution in [2.24, 2.45) is 0 Å². The highest BCUT2D eigenvalue weighted by Crippen LogP contribution is 2.56. The Morgan fingerprint density at radius 1 is 0.417 bits per heavy atom. The molecule has 0 aromatic heterocycles. The van der Waals surface area contributed by atoms with Crippen LogP contribution in [-0.4, -0.2) is 0 Å². The summed E-state index contributed by atoms with van der Waals surface area (Å²) < 4.78 is 0. The van der Waals surface area contributed by atoms with Crippen LogP contribution in [0.2, 0.25) is 0 Å². The van der Waals surface area contributed by atoms with Crippen LogP contribution in [0.4, 0.5) is 0 Å². The van der Waals surface area contributed by atoms with Crippen LogP contribution in [0.5, 0.6) is 0 Å². The molecule has 0 nitrogen and oxygen atoms in total. The summed E-state index contributed by atoms with van der Waals surface area (Å²) in [5, 5.41) is 2.62. The Bertz CT molecular complexity index is 1690. The number of rotatable bonds is 3. The average Bonchev–Trinajstić information content (AvgIpc) is 3.25. The summed E-state index contributed by atoms with van der Waals surface area (Å²) >= 11 is 0. The van der Waals surface area contributed by atoms with Crippen LogP contribution in [0.15, 0.2) is 140 Å². The van der Waals surface area contributed by atoms with Crippen molar-refractivity contribution >= 4 is 10.8 Å². The van der Waals surface area contributed by atoms with Gasteiger partial charge in [0.15, 0.2) is 0 Å². The van der Waals surface area contributed by atoms with Gasteiger partial charge < -0.3 is 0 Å². The number of hydrogen-bond donors (Lipinski definition) is 0. The molecule has 0 aliphatic heterocycles. The van der Waals surface area contributed by atoms with Gasteiger partial charge in [0.25, 0.3) is 0 Å². The largest absolute Gasteiger partial charge is 0.0713 e. The predicted octanol–water partition coefficient (Wildman–Crippen LogP) is 9.18. The highest BCUT2D eigenvalue weighted by Gasteiger charge is 2.45. The molecular formula is C36H26. The minimum Gasteiger partial charge on any atom is -0.0622 e. The first-order chi connectivity index (χ1) is 17.8. The Kier molecular flexibility index (Phi) is 4.69. The van der Waals surface area contributed by atoms with Crippen molar-refractivity contribution in [3.8, 4) is 22.3 Å². The quantitative estimate of drug-likeness (QED) is 0.248. The van der Waals surface area contributed by atoms with Crippen molar-refractivity contribution < 1.29 is 0 Å². The molecule has 0 amide bonds. The lowest BCUT2D eigenvalue weighted by Crippen LogP contribution is -2.28. The van der Waals surface area contributed by atoms with Crippen molar-refractivity contribution in [2.75, 3.05) is 0 Å². The lowest BCUT2D eigenvalue weighted by molar-refractivity contribution is 0.768. The second-order valence-corrected chi connectivity index (χ2v) is 9.76. The van der Waals surface area contributed by atoms with Crippen LogP contribution in [0, 0.1) is 6.92 Å². The molecule has 0 spiro atoms. The molecule has 0 fully saturated rings. The predicted molar refractivity (Wildman–Crippen MR) is 151 cm³/mol. The van der Waals surface area contributed by atoms with E-state index in [1.54, 1.807) is 0 Å². The highest BCUT2D eigenvalue weighted by atomic mass is 14.5. The third-order valence-corrected chi connectivity index (χ3v) is 7.91. The van der Waals surface area contributed by atoms with Crippen LogP contribution in [-0.2, 0) is 5.41 Å². The van der Waals surface area contributed by atoms with Crippen LogP contribution >= 0.6 is 0 Å². The summed E-state index contributed by atoms with van der Waals surface area (Å²) in [4.78, 5) is 0. The minimum atomic E-state index is -0.345. The zero-order valence-corrected chi connectivity index (χ0v) is 20.3. The number of aryl methyl sites for hydroxylation is 1. The van der Waals surface area contributed by atoms with Crippen molar-refractivity contribution in [1.82, 2.24) is 0 Å². The normalized spacial score (nSPS) is 13.4. The fourth-order valence-electron chi connectivity index (χ4n) is 6.32. The maximum Gasteiger partial charge on any atom is 0.0713 e. The van der Waals surface area contributed by atoms with E-state index < -0.39 is 0 Å². The Morgan fingerprint density at radius 2 is 1.00 bits per heavy atom. The van der Waals surface area contributed by atoms with E-state index in [1.807, 2.05) is 0 Å². The van der Waals surface area contributed by atoms with Gasteiger partial charge in [-0.25, -0.2) is 0 Å². The van der Waals surface area contributed by atoms with Gasteiger partial charge in [-0.3, -0.25) is 0 Å². The molecule has 6 aromatic carbocycles. The minimum absolute atomic E-state index is 0.345. The second kappa shape index (κ2) is 8.07. The van der Waals surface area contributed by atoms with Crippen molar-refractivity contribution in [3.63, 3.8) is 0 Å². The van der Waals surface area contributed by atoms with Crippen molar-refractivity contribution in [1.29, 1.82) is 0 Å². The Morgan fingerprint density at radius 3 is 1.72 bits per heavy atom. The van der Waals surface area contributed by atoms with Crippen LogP contribution in [0.1, 0.15) is 27.8 Å². The van der Waals surface area contributed by atoms with E-state index in [0.717, 1.165) is 0 Å². The second-order valence-electron chi connectivity index (χ2n) is 9.76. The summed E-state index contributed by atoms with van der Waals surface area (Å²) in [7, 11) is 0. The smallest absolute Gasteiger partial charge is 0.0622 e. The van der Waals surface area contributed by atoms with Gasteiger partial charge in [-0.2, -0.15) is 0 Å². The highest BCUT2D eigenvalue weighted by molar-refractivity contribution is 6.00. The van der Waals surface area contributed by atoms with E-state index in [9.17, 15) is 0 Å². The Labute approximate surface area is 212 Å². The van der Waals surface area contributed by atoms with E-state index in [0.29, 0.717) is 0 Å². The van der Waals surface area contributed by atoms with E-state index in [2.05, 4.69) is 146 Å². The van der Waals surface area contributed by atoms with Crippen LogP contribution in [0.3, 0.4) is 0 Å². The standard InChI is InChI=1S/C36H26/c1-25-20-22-30(31-17-9-8-16-29(25)31)26-21-23-35-33(24-26)32-18-10-11-19-34(32)36(35,27-12-4-2-5-13-27)28-14-6-3-7-15-28/h2-24H,1H3. The summed E-state index contributed by atoms with van der Waals surface area (Å²) in [6.45, 7) is 2.19. The molecule has 0 heterocycles. The fraction of sp³-hybridized carbons (Fsp3) is 0.0556. The molecule has 170 valence electrons. The molecule has 7 rings (SSSR count). The SMILES string of the molecule is Cc1ccc(-c2ccc3c(c2)-c2ccccc2C3(c2ccccc2)c2ccccc2)c2ccccc12. The van der Waals surface area contributed by atoms with Gasteiger partial charge in [0.05, 0.1) is 5.41 Å². The van der Waals surface area contributed by atoms with E-state index in [-0.39, 0.29) is 5.41 Å². The summed E-state index contributed by atoms with van der Waals surface area (Å²) in [5.41, 5.74) is 11.5. The van der Waals surface area contributed by atoms with Crippen molar-refractivity contribution in [2.45, 2.75) is 12.3 Å². The van der Waals surface area contributed by atoms with E-state index in [1.165, 1.54) is 60.8 Å². The maximum absolute atomic E-state index is 2.42. The third-order valence-electron chi connectivity index (χ3n) is 7.91. The first kappa shape index (κ1) is 20.9. The molecule has 0 bridgehead atoms. The van der Waals surface area contributed by atoms with Gasteiger partial charge in [0.1, 0.15) is 0 Å². The average molecular weight is 459 g/mol. The molecular weight excluding hydrogens is 432 g/mol. The molecule has 1 aliphatic rings. The molecule has 0 N–H and O–H groups in total. The van der Waals surface area contributed by atoms with Gasteiger partial charge in [-0.15, -0.1) is 0 Å². The van der Waals surface area contributed by atoms with E-state index in [4.69, 9.17) is 0 Å². The number of fused-ring (bicyclic) bond motifs is 4. The third kappa shape index (κ3) is 2.88. The molecule has 1 aliphatic carbocycles. The lowest BCUT2D eigenvalue weighted by Gasteiger charge is -2.33. The topological polar surface area (TPSA) is 0 Å². The molecule has 0 saturated heterocycles. The van der Waals surface area contributed by atoms with Crippen LogP contribution in [0.25, 0.3) is 33.0 Å². The maximum atomic E-state index is 2.42. The first-order valence-electron chi connectivity index (χ1n) is 12.6. The molecule has 0 radical (unpaired) electrons. The van der Waals surface area contributed by atoms with Crippen molar-refractivity contribution in [3.05, 3.63) is 167 Å². The molecule has 0 unspecified atom stereocenters. The van der Waals surface area contributed by atoms with E-state index >= 15 is 0 Å². The Balaban J connectivity index is 1.56. The summed E-state index contributed by atoms with van der Waals surface area (Å²) in [6.07, 6.45) is 0. The van der Waals surface area contributed by atoms with Gasteiger partial charge in [0, 0.05) is 0 Å². The Hall–Kier alpha value is -4.42. The molecule has 36 heavy (non-hydrogen) atoms. The molecule has 0 saturated carbocycles. The fourth-order valence-corrected chi connectivity index (χ4v) is 6.32. The van der Waals surface area contributed by atoms with Gasteiger partial charge >= 0.3 is 0 Å². The zero-order valence-electron chi connectivity index (χ0n) is 20.3. The molecule has 6 aromatic rings. The van der Waals surface area contributed by atoms with Gasteiger partial charge in [0.2, 0.25) is 0 Å². The molecule has 0 atom stereocenters. The lowest BCUT2D eigenvalue weighted by atomic mass is 9.67. The monoisotopic (exact) mass is 458 g/mol. The zero-order chi connectivity index (χ0) is 24.1. The number of hydrogen-bond acceptors (Lipinski definition) is 0. The van der Waals surface area contributed by atoms with Gasteiger partial charge in [-0.1, -0.05) is 133 Å². The van der Waals surface area contributed by atoms with Gasteiger partial charge in [-0.05, 0) is 73.8 Å². The number of benzene rings is 6. The first-order valence-corrected chi connectivity index (χ1v) is 12.6.